The van der Waals surface area contributed by atoms with Crippen molar-refractivity contribution in [3.63, 3.8) is 0 Å². The largest absolute Gasteiger partial charge is 0.349 e. The number of rotatable bonds is 5. The number of pyridine rings is 1. The summed E-state index contributed by atoms with van der Waals surface area (Å²) < 4.78 is 29.8. The number of halogens is 2. The molecule has 2 fully saturated rings. The molecule has 32 heavy (non-hydrogen) atoms. The van der Waals surface area contributed by atoms with Gasteiger partial charge in [-0.15, -0.1) is 0 Å². The molecule has 1 aromatic carbocycles. The van der Waals surface area contributed by atoms with E-state index >= 15 is 0 Å². The van der Waals surface area contributed by atoms with E-state index < -0.39 is 11.8 Å². The number of benzene rings is 1. The van der Waals surface area contributed by atoms with Crippen LogP contribution < -0.4 is 5.32 Å². The van der Waals surface area contributed by atoms with Crippen molar-refractivity contribution in [3.05, 3.63) is 48.2 Å². The number of aromatic nitrogens is 2. The van der Waals surface area contributed by atoms with Crippen molar-refractivity contribution in [1.29, 1.82) is 0 Å². The van der Waals surface area contributed by atoms with Crippen molar-refractivity contribution in [2.24, 2.45) is 5.92 Å². The van der Waals surface area contributed by atoms with Crippen LogP contribution >= 0.6 is 11.8 Å². The molecule has 6 nitrogen and oxygen atoms in total. The number of carbonyl (C=O) groups excluding carboxylic acids is 2. The second kappa shape index (κ2) is 8.20. The Balaban J connectivity index is 1.43. The zero-order valence-electron chi connectivity index (χ0n) is 17.2. The third-order valence-corrected chi connectivity index (χ3v) is 6.80. The average Bonchev–Trinajstić information content (AvgIpc) is 3.56. The molecular formula is C23H22F2N4O2S. The van der Waals surface area contributed by atoms with Gasteiger partial charge in [0.25, 0.3) is 5.91 Å². The summed E-state index contributed by atoms with van der Waals surface area (Å²) in [5, 5.41) is 3.66. The molecule has 0 atom stereocenters. The Morgan fingerprint density at radius 2 is 1.84 bits per heavy atom. The van der Waals surface area contributed by atoms with Gasteiger partial charge in [0.15, 0.2) is 0 Å². The predicted molar refractivity (Wildman–Crippen MR) is 121 cm³/mol. The summed E-state index contributed by atoms with van der Waals surface area (Å²) in [6.07, 6.45) is 3.51. The molecule has 2 amide bonds. The van der Waals surface area contributed by atoms with Gasteiger partial charge in [-0.1, -0.05) is 24.3 Å². The summed E-state index contributed by atoms with van der Waals surface area (Å²) in [5.74, 6) is -2.97. The van der Waals surface area contributed by atoms with Crippen molar-refractivity contribution in [2.45, 2.75) is 18.8 Å². The minimum absolute atomic E-state index is 0.0390. The van der Waals surface area contributed by atoms with Crippen molar-refractivity contribution in [3.8, 4) is 11.1 Å². The van der Waals surface area contributed by atoms with Crippen molar-refractivity contribution in [1.82, 2.24) is 14.9 Å². The van der Waals surface area contributed by atoms with E-state index in [4.69, 9.17) is 0 Å². The molecule has 2 N–H and O–H groups in total. The molecule has 1 aliphatic carbocycles. The van der Waals surface area contributed by atoms with Crippen LogP contribution in [-0.4, -0.2) is 51.3 Å². The third-order valence-electron chi connectivity index (χ3n) is 5.85. The monoisotopic (exact) mass is 456 g/mol. The molecule has 166 valence electrons. The highest BCUT2D eigenvalue weighted by molar-refractivity contribution is 7.99. The number of nitrogens with zero attached hydrogens (tertiary/aromatic N) is 2. The molecule has 3 heterocycles. The Morgan fingerprint density at radius 1 is 1.12 bits per heavy atom. The Hall–Kier alpha value is -2.94. The van der Waals surface area contributed by atoms with E-state index in [9.17, 15) is 18.4 Å². The van der Waals surface area contributed by atoms with Crippen molar-refractivity contribution in [2.75, 3.05) is 29.9 Å². The fourth-order valence-corrected chi connectivity index (χ4v) is 4.77. The number of hydrogen-bond donors (Lipinski definition) is 2. The summed E-state index contributed by atoms with van der Waals surface area (Å²) in [7, 11) is 0. The zero-order valence-corrected chi connectivity index (χ0v) is 18.1. The number of carbonyl (C=O) groups is 2. The lowest BCUT2D eigenvalue weighted by atomic mass is 9.99. The molecule has 1 saturated carbocycles. The first-order chi connectivity index (χ1) is 15.4. The number of anilines is 1. The maximum absolute atomic E-state index is 14.9. The van der Waals surface area contributed by atoms with Crippen LogP contribution in [0.5, 0.6) is 0 Å². The van der Waals surface area contributed by atoms with E-state index in [1.165, 1.54) is 17.0 Å². The van der Waals surface area contributed by atoms with Crippen LogP contribution in [-0.2, 0) is 15.5 Å². The highest BCUT2D eigenvalue weighted by Crippen LogP contribution is 2.35. The lowest BCUT2D eigenvalue weighted by Gasteiger charge is -2.30. The minimum atomic E-state index is -3.58. The molecule has 0 spiro atoms. The molecule has 1 saturated heterocycles. The molecule has 0 unspecified atom stereocenters. The number of amides is 2. The fraction of sp³-hybridized carbons (Fsp3) is 0.348. The lowest BCUT2D eigenvalue weighted by Crippen LogP contribution is -2.45. The quantitative estimate of drug-likeness (QED) is 0.602. The lowest BCUT2D eigenvalue weighted by molar-refractivity contribution is -0.158. The Labute approximate surface area is 187 Å². The Morgan fingerprint density at radius 3 is 2.53 bits per heavy atom. The normalized spacial score (nSPS) is 16.9. The van der Waals surface area contributed by atoms with Crippen LogP contribution in [0, 0.1) is 5.92 Å². The van der Waals surface area contributed by atoms with Crippen LogP contribution in [0.15, 0.2) is 42.6 Å². The summed E-state index contributed by atoms with van der Waals surface area (Å²) in [6.45, 7) is 0.685. The molecule has 9 heteroatoms. The van der Waals surface area contributed by atoms with Crippen molar-refractivity contribution < 1.29 is 18.4 Å². The summed E-state index contributed by atoms with van der Waals surface area (Å²) >= 11 is 1.66. The minimum Gasteiger partial charge on any atom is -0.346 e. The van der Waals surface area contributed by atoms with E-state index in [2.05, 4.69) is 15.3 Å². The standard InChI is InChI=1S/C23H22F2N4O2S/c24-23(25,22(31)29-9-11-32-12-10-29)16-5-3-14(4-6-16)18-13-19(28-21(30)15-1-2-15)27-20-17(18)7-8-26-20/h3-8,13,15H,1-2,9-12H2,(H2,26,27,28,30). The Bertz CT molecular complexity index is 1170. The molecular weight excluding hydrogens is 434 g/mol. The van der Waals surface area contributed by atoms with Crippen LogP contribution in [0.4, 0.5) is 14.6 Å². The average molecular weight is 457 g/mol. The van der Waals surface area contributed by atoms with Gasteiger partial charge < -0.3 is 15.2 Å². The van der Waals surface area contributed by atoms with E-state index in [0.717, 1.165) is 23.8 Å². The topological polar surface area (TPSA) is 78.1 Å². The van der Waals surface area contributed by atoms with Gasteiger partial charge in [0.1, 0.15) is 11.5 Å². The number of alkyl halides is 2. The van der Waals surface area contributed by atoms with E-state index in [-0.39, 0.29) is 17.4 Å². The molecule has 2 aliphatic rings. The molecule has 3 aromatic rings. The Kier molecular flexibility index (Phi) is 5.36. The van der Waals surface area contributed by atoms with Crippen LogP contribution in [0.25, 0.3) is 22.2 Å². The molecule has 5 rings (SSSR count). The first-order valence-corrected chi connectivity index (χ1v) is 11.7. The van der Waals surface area contributed by atoms with E-state index in [0.29, 0.717) is 41.6 Å². The second-order valence-corrected chi connectivity index (χ2v) is 9.34. The third kappa shape index (κ3) is 3.97. The van der Waals surface area contributed by atoms with Gasteiger partial charge in [-0.2, -0.15) is 20.5 Å². The highest BCUT2D eigenvalue weighted by Gasteiger charge is 2.44. The van der Waals surface area contributed by atoms with Gasteiger partial charge in [-0.05, 0) is 36.1 Å². The van der Waals surface area contributed by atoms with Gasteiger partial charge in [-0.25, -0.2) is 4.98 Å². The van der Waals surface area contributed by atoms with Gasteiger partial charge >= 0.3 is 5.92 Å². The summed E-state index contributed by atoms with van der Waals surface area (Å²) in [6, 6.07) is 9.36. The second-order valence-electron chi connectivity index (χ2n) is 8.11. The van der Waals surface area contributed by atoms with Gasteiger partial charge in [0, 0.05) is 47.7 Å². The van der Waals surface area contributed by atoms with Crippen molar-refractivity contribution >= 4 is 40.4 Å². The fourth-order valence-electron chi connectivity index (χ4n) is 3.86. The smallest absolute Gasteiger partial charge is 0.346 e. The highest BCUT2D eigenvalue weighted by atomic mass is 32.2. The van der Waals surface area contributed by atoms with Gasteiger partial charge in [0.05, 0.1) is 0 Å². The maximum Gasteiger partial charge on any atom is 0.349 e. The molecule has 1 aliphatic heterocycles. The number of fused-ring (bicyclic) bond motifs is 1. The molecule has 0 bridgehead atoms. The maximum atomic E-state index is 14.9. The van der Waals surface area contributed by atoms with Gasteiger partial charge in [0.2, 0.25) is 5.91 Å². The predicted octanol–water partition coefficient (Wildman–Crippen LogP) is 4.25. The first kappa shape index (κ1) is 20.9. The zero-order chi connectivity index (χ0) is 22.3. The van der Waals surface area contributed by atoms with Crippen LogP contribution in [0.2, 0.25) is 0 Å². The molecule has 2 aromatic heterocycles. The summed E-state index contributed by atoms with van der Waals surface area (Å²) in [4.78, 5) is 33.3. The SMILES string of the molecule is O=C(Nc1cc(-c2ccc(C(F)(F)C(=O)N3CCSCC3)cc2)c2cc[nH]c2n1)C1CC1. The van der Waals surface area contributed by atoms with Crippen LogP contribution in [0.1, 0.15) is 18.4 Å². The number of hydrogen-bond acceptors (Lipinski definition) is 4. The number of H-pyrrole nitrogens is 1. The van der Waals surface area contributed by atoms with E-state index in [1.54, 1.807) is 36.2 Å². The number of aromatic amines is 1. The van der Waals surface area contributed by atoms with Gasteiger partial charge in [-0.3, -0.25) is 9.59 Å². The molecule has 0 radical (unpaired) electrons. The number of thioether (sulfide) groups is 1. The summed E-state index contributed by atoms with van der Waals surface area (Å²) in [5.41, 5.74) is 1.73. The number of nitrogens with one attached hydrogen (secondary N) is 2. The van der Waals surface area contributed by atoms with E-state index in [1.807, 2.05) is 6.07 Å². The van der Waals surface area contributed by atoms with Crippen LogP contribution in [0.3, 0.4) is 0 Å². The first-order valence-electron chi connectivity index (χ1n) is 10.6.